The first-order valence-electron chi connectivity index (χ1n) is 6.41. The van der Waals surface area contributed by atoms with Crippen LogP contribution in [0.15, 0.2) is 0 Å². The molecule has 102 valence electrons. The number of ether oxygens (including phenoxy) is 2. The molecule has 0 saturated heterocycles. The number of rotatable bonds is 10. The zero-order chi connectivity index (χ0) is 13.3. The van der Waals surface area contributed by atoms with Crippen LogP contribution >= 0.6 is 0 Å². The van der Waals surface area contributed by atoms with Gasteiger partial charge in [0.15, 0.2) is 6.10 Å². The minimum Gasteiger partial charge on any atom is -0.479 e. The van der Waals surface area contributed by atoms with E-state index in [4.69, 9.17) is 14.6 Å². The summed E-state index contributed by atoms with van der Waals surface area (Å²) in [6, 6.07) is 0. The molecular weight excluding hydrogens is 220 g/mol. The van der Waals surface area contributed by atoms with Crippen LogP contribution in [0.4, 0.5) is 0 Å². The van der Waals surface area contributed by atoms with Crippen LogP contribution in [0.5, 0.6) is 0 Å². The molecule has 0 rings (SSSR count). The van der Waals surface area contributed by atoms with Gasteiger partial charge in [-0.2, -0.15) is 0 Å². The molecule has 0 saturated carbocycles. The molecule has 0 aliphatic rings. The Morgan fingerprint density at radius 2 is 1.94 bits per heavy atom. The highest BCUT2D eigenvalue weighted by molar-refractivity contribution is 5.72. The second-order valence-electron chi connectivity index (χ2n) is 4.91. The molecule has 0 aromatic carbocycles. The van der Waals surface area contributed by atoms with Crippen molar-refractivity contribution in [2.45, 2.75) is 53.1 Å². The molecule has 0 aromatic heterocycles. The SMILES string of the molecule is CCCCOCOC(C(=O)O)[C@@H](C)CC(C)C. The Bertz CT molecular complexity index is 204. The standard InChI is InChI=1S/C13H26O4/c1-5-6-7-16-9-17-12(13(14)15)11(4)8-10(2)3/h10-12H,5-9H2,1-4H3,(H,14,15)/t11-,12?/m0/s1. The minimum absolute atomic E-state index is 0.00211. The van der Waals surface area contributed by atoms with Crippen molar-refractivity contribution in [1.29, 1.82) is 0 Å². The van der Waals surface area contributed by atoms with Crippen molar-refractivity contribution in [2.75, 3.05) is 13.4 Å². The first-order chi connectivity index (χ1) is 7.99. The van der Waals surface area contributed by atoms with Gasteiger partial charge in [-0.3, -0.25) is 0 Å². The van der Waals surface area contributed by atoms with Gasteiger partial charge in [-0.15, -0.1) is 0 Å². The Balaban J connectivity index is 3.94. The molecule has 1 unspecified atom stereocenters. The Kier molecular flexibility index (Phi) is 9.09. The maximum atomic E-state index is 11.1. The quantitative estimate of drug-likeness (QED) is 0.475. The fourth-order valence-electron chi connectivity index (χ4n) is 1.77. The van der Waals surface area contributed by atoms with E-state index >= 15 is 0 Å². The van der Waals surface area contributed by atoms with Crippen molar-refractivity contribution in [3.8, 4) is 0 Å². The molecule has 17 heavy (non-hydrogen) atoms. The second kappa shape index (κ2) is 9.42. The first-order valence-corrected chi connectivity index (χ1v) is 6.41. The highest BCUT2D eigenvalue weighted by atomic mass is 16.7. The molecule has 0 amide bonds. The summed E-state index contributed by atoms with van der Waals surface area (Å²) in [6.07, 6.45) is 2.11. The summed E-state index contributed by atoms with van der Waals surface area (Å²) >= 11 is 0. The Morgan fingerprint density at radius 3 is 2.41 bits per heavy atom. The molecule has 4 nitrogen and oxygen atoms in total. The van der Waals surface area contributed by atoms with Gasteiger partial charge in [-0.25, -0.2) is 4.79 Å². The van der Waals surface area contributed by atoms with E-state index in [1.54, 1.807) is 0 Å². The number of unbranched alkanes of at least 4 members (excludes halogenated alkanes) is 1. The van der Waals surface area contributed by atoms with Gasteiger partial charge >= 0.3 is 5.97 Å². The lowest BCUT2D eigenvalue weighted by atomic mass is 9.94. The zero-order valence-corrected chi connectivity index (χ0v) is 11.4. The number of carboxylic acids is 1. The molecule has 1 N–H and O–H groups in total. The van der Waals surface area contributed by atoms with Crippen molar-refractivity contribution >= 4 is 5.97 Å². The van der Waals surface area contributed by atoms with Gasteiger partial charge in [0.2, 0.25) is 0 Å². The van der Waals surface area contributed by atoms with Crippen LogP contribution in [0.25, 0.3) is 0 Å². The van der Waals surface area contributed by atoms with Crippen LogP contribution in [0.2, 0.25) is 0 Å². The fourth-order valence-corrected chi connectivity index (χ4v) is 1.77. The van der Waals surface area contributed by atoms with Crippen molar-refractivity contribution < 1.29 is 19.4 Å². The average molecular weight is 246 g/mol. The van der Waals surface area contributed by atoms with Gasteiger partial charge in [-0.1, -0.05) is 34.1 Å². The first kappa shape index (κ1) is 16.4. The van der Waals surface area contributed by atoms with Gasteiger partial charge in [0.25, 0.3) is 0 Å². The summed E-state index contributed by atoms with van der Waals surface area (Å²) in [6.45, 7) is 8.83. The molecule has 0 bridgehead atoms. The van der Waals surface area contributed by atoms with Crippen molar-refractivity contribution in [3.05, 3.63) is 0 Å². The normalized spacial score (nSPS) is 14.9. The van der Waals surface area contributed by atoms with Crippen molar-refractivity contribution in [1.82, 2.24) is 0 Å². The lowest BCUT2D eigenvalue weighted by molar-refractivity contribution is -0.167. The smallest absolute Gasteiger partial charge is 0.333 e. The zero-order valence-electron chi connectivity index (χ0n) is 11.4. The molecule has 0 aliphatic carbocycles. The molecule has 2 atom stereocenters. The third kappa shape index (κ3) is 8.16. The molecule has 0 fully saturated rings. The van der Waals surface area contributed by atoms with E-state index in [1.807, 2.05) is 6.92 Å². The fraction of sp³-hybridized carbons (Fsp3) is 0.923. The van der Waals surface area contributed by atoms with Crippen molar-refractivity contribution in [3.63, 3.8) is 0 Å². The van der Waals surface area contributed by atoms with Crippen LogP contribution in [0.1, 0.15) is 47.0 Å². The number of aliphatic carboxylic acids is 1. The predicted octanol–water partition coefficient (Wildman–Crippen LogP) is 2.91. The lowest BCUT2D eigenvalue weighted by Gasteiger charge is -2.22. The molecule has 0 spiro atoms. The van der Waals surface area contributed by atoms with Crippen LogP contribution in [-0.4, -0.2) is 30.6 Å². The van der Waals surface area contributed by atoms with Gasteiger partial charge in [0.05, 0.1) is 0 Å². The van der Waals surface area contributed by atoms with Gasteiger partial charge in [0, 0.05) is 6.61 Å². The Morgan fingerprint density at radius 1 is 1.29 bits per heavy atom. The second-order valence-corrected chi connectivity index (χ2v) is 4.91. The number of hydrogen-bond acceptors (Lipinski definition) is 3. The summed E-state index contributed by atoms with van der Waals surface area (Å²) in [4.78, 5) is 11.1. The highest BCUT2D eigenvalue weighted by Crippen LogP contribution is 2.17. The van der Waals surface area contributed by atoms with E-state index in [0.717, 1.165) is 19.3 Å². The van der Waals surface area contributed by atoms with Crippen LogP contribution < -0.4 is 0 Å². The number of hydrogen-bond donors (Lipinski definition) is 1. The van der Waals surface area contributed by atoms with Gasteiger partial charge < -0.3 is 14.6 Å². The molecule has 0 radical (unpaired) electrons. The molecule has 0 aliphatic heterocycles. The van der Waals surface area contributed by atoms with E-state index in [0.29, 0.717) is 12.5 Å². The van der Waals surface area contributed by atoms with Crippen LogP contribution in [-0.2, 0) is 14.3 Å². The summed E-state index contributed by atoms with van der Waals surface area (Å²) in [5.74, 6) is -0.434. The van der Waals surface area contributed by atoms with E-state index in [9.17, 15) is 4.79 Å². The maximum Gasteiger partial charge on any atom is 0.333 e. The van der Waals surface area contributed by atoms with Crippen molar-refractivity contribution in [2.24, 2.45) is 11.8 Å². The van der Waals surface area contributed by atoms with E-state index in [-0.39, 0.29) is 12.7 Å². The monoisotopic (exact) mass is 246 g/mol. The van der Waals surface area contributed by atoms with E-state index in [2.05, 4.69) is 20.8 Å². The Hall–Kier alpha value is -0.610. The highest BCUT2D eigenvalue weighted by Gasteiger charge is 2.26. The summed E-state index contributed by atoms with van der Waals surface area (Å²) in [5.41, 5.74) is 0. The lowest BCUT2D eigenvalue weighted by Crippen LogP contribution is -2.32. The number of carbonyl (C=O) groups is 1. The molecule has 0 aromatic rings. The average Bonchev–Trinajstić information content (AvgIpc) is 2.21. The third-order valence-corrected chi connectivity index (χ3v) is 2.58. The predicted molar refractivity (Wildman–Crippen MR) is 66.9 cm³/mol. The van der Waals surface area contributed by atoms with E-state index < -0.39 is 12.1 Å². The van der Waals surface area contributed by atoms with E-state index in [1.165, 1.54) is 0 Å². The third-order valence-electron chi connectivity index (χ3n) is 2.58. The summed E-state index contributed by atoms with van der Waals surface area (Å²) in [7, 11) is 0. The Labute approximate surface area is 104 Å². The van der Waals surface area contributed by atoms with Crippen LogP contribution in [0, 0.1) is 11.8 Å². The molecule has 0 heterocycles. The molecule has 4 heteroatoms. The summed E-state index contributed by atoms with van der Waals surface area (Å²) < 4.78 is 10.5. The largest absolute Gasteiger partial charge is 0.479 e. The number of carboxylic acid groups (broad SMARTS) is 1. The maximum absolute atomic E-state index is 11.1. The molecular formula is C13H26O4. The van der Waals surface area contributed by atoms with Crippen LogP contribution in [0.3, 0.4) is 0 Å². The van der Waals surface area contributed by atoms with Gasteiger partial charge in [0.1, 0.15) is 6.79 Å². The minimum atomic E-state index is -0.905. The summed E-state index contributed by atoms with van der Waals surface area (Å²) in [5, 5.41) is 9.08. The van der Waals surface area contributed by atoms with Gasteiger partial charge in [-0.05, 0) is 24.7 Å². The topological polar surface area (TPSA) is 55.8 Å².